The average molecular weight is 378 g/mol. The molecule has 5 nitrogen and oxygen atoms in total. The highest BCUT2D eigenvalue weighted by Crippen LogP contribution is 2.34. The molecule has 1 aliphatic carbocycles. The fourth-order valence-corrected chi connectivity index (χ4v) is 5.52. The summed E-state index contributed by atoms with van der Waals surface area (Å²) in [5, 5.41) is 2.47. The second-order valence-corrected chi connectivity index (χ2v) is 8.48. The number of aromatic nitrogens is 2. The van der Waals surface area contributed by atoms with Crippen LogP contribution in [0.5, 0.6) is 0 Å². The smallest absolute Gasteiger partial charge is 0.282 e. The molecule has 0 atom stereocenters. The average Bonchev–Trinajstić information content (AvgIpc) is 3.19. The van der Waals surface area contributed by atoms with Crippen LogP contribution in [0.2, 0.25) is 0 Å². The zero-order chi connectivity index (χ0) is 17.0. The highest BCUT2D eigenvalue weighted by molar-refractivity contribution is 7.71. The van der Waals surface area contributed by atoms with Gasteiger partial charge in [-0.25, -0.2) is 0 Å². The summed E-state index contributed by atoms with van der Waals surface area (Å²) in [7, 11) is 0. The van der Waals surface area contributed by atoms with Crippen LogP contribution in [0.25, 0.3) is 10.2 Å². The topological polar surface area (TPSA) is 66.9 Å². The van der Waals surface area contributed by atoms with Gasteiger partial charge in [0.25, 0.3) is 11.5 Å². The first kappa shape index (κ1) is 15.7. The van der Waals surface area contributed by atoms with E-state index in [1.807, 2.05) is 13.8 Å². The van der Waals surface area contributed by atoms with E-state index in [0.717, 1.165) is 44.8 Å². The third-order valence-electron chi connectivity index (χ3n) is 4.51. The summed E-state index contributed by atoms with van der Waals surface area (Å²) >= 11 is 8.40. The van der Waals surface area contributed by atoms with Gasteiger partial charge in [-0.1, -0.05) is 0 Å². The Bertz CT molecular complexity index is 1100. The maximum Gasteiger partial charge on any atom is 0.282 e. The van der Waals surface area contributed by atoms with Crippen molar-refractivity contribution in [2.24, 2.45) is 0 Å². The Hall–Kier alpha value is -1.77. The number of nitrogens with zero attached hydrogens (tertiary/aromatic N) is 1. The SMILES string of the molecule is Cc1scc(C(=O)Nn2c(=S)[nH]c3sc4c(c3c2=O)CCC4)c1C. The lowest BCUT2D eigenvalue weighted by molar-refractivity contribution is 0.101. The predicted octanol–water partition coefficient (Wildman–Crippen LogP) is 3.67. The highest BCUT2D eigenvalue weighted by Gasteiger charge is 2.22. The van der Waals surface area contributed by atoms with E-state index in [0.29, 0.717) is 10.9 Å². The van der Waals surface area contributed by atoms with Crippen LogP contribution in [0.1, 0.15) is 37.7 Å². The van der Waals surface area contributed by atoms with Crippen molar-refractivity contribution in [1.29, 1.82) is 0 Å². The van der Waals surface area contributed by atoms with Gasteiger partial charge in [0.15, 0.2) is 0 Å². The molecule has 0 radical (unpaired) electrons. The zero-order valence-electron chi connectivity index (χ0n) is 13.2. The van der Waals surface area contributed by atoms with Crippen LogP contribution in [0.15, 0.2) is 10.2 Å². The van der Waals surface area contributed by atoms with E-state index in [1.165, 1.54) is 16.2 Å². The number of rotatable bonds is 2. The molecule has 0 spiro atoms. The standard InChI is InChI=1S/C16H15N3O2S3/c1-7-8(2)23-6-10(7)13(20)18-19-15(21)12-9-4-3-5-11(9)24-14(12)17-16(19)22/h6H,3-5H2,1-2H3,(H,17,22)(H,18,20). The minimum Gasteiger partial charge on any atom is -0.322 e. The van der Waals surface area contributed by atoms with Crippen LogP contribution < -0.4 is 11.0 Å². The number of H-pyrrole nitrogens is 1. The van der Waals surface area contributed by atoms with Crippen LogP contribution in [0, 0.1) is 18.6 Å². The Morgan fingerprint density at radius 2 is 2.17 bits per heavy atom. The summed E-state index contributed by atoms with van der Waals surface area (Å²) < 4.78 is 1.38. The summed E-state index contributed by atoms with van der Waals surface area (Å²) in [5.74, 6) is -0.315. The molecule has 1 aliphatic rings. The molecule has 124 valence electrons. The van der Waals surface area contributed by atoms with Crippen LogP contribution in [0.3, 0.4) is 0 Å². The second-order valence-electron chi connectivity index (χ2n) is 5.90. The first-order valence-electron chi connectivity index (χ1n) is 7.63. The molecule has 3 aromatic heterocycles. The van der Waals surface area contributed by atoms with Crippen molar-refractivity contribution >= 4 is 51.0 Å². The number of aryl methyl sites for hydroxylation is 3. The normalized spacial score (nSPS) is 13.4. The summed E-state index contributed by atoms with van der Waals surface area (Å²) in [6, 6.07) is 0. The number of aromatic amines is 1. The molecular weight excluding hydrogens is 362 g/mol. The first-order valence-corrected chi connectivity index (χ1v) is 9.73. The largest absolute Gasteiger partial charge is 0.322 e. The molecule has 8 heteroatoms. The summed E-state index contributed by atoms with van der Waals surface area (Å²) in [6.45, 7) is 3.87. The number of hydrogen-bond acceptors (Lipinski definition) is 5. The fraction of sp³-hybridized carbons (Fsp3) is 0.312. The van der Waals surface area contributed by atoms with E-state index < -0.39 is 0 Å². The van der Waals surface area contributed by atoms with Crippen LogP contribution in [-0.4, -0.2) is 15.6 Å². The molecule has 3 aromatic rings. The van der Waals surface area contributed by atoms with E-state index >= 15 is 0 Å². The summed E-state index contributed by atoms with van der Waals surface area (Å²) in [6.07, 6.45) is 2.99. The predicted molar refractivity (Wildman–Crippen MR) is 101 cm³/mol. The lowest BCUT2D eigenvalue weighted by Crippen LogP contribution is -2.34. The molecule has 2 N–H and O–H groups in total. The second kappa shape index (κ2) is 5.65. The number of fused-ring (bicyclic) bond motifs is 3. The Labute approximate surface area is 150 Å². The molecule has 0 saturated carbocycles. The van der Waals surface area contributed by atoms with Gasteiger partial charge < -0.3 is 4.98 Å². The minimum absolute atomic E-state index is 0.213. The molecule has 0 bridgehead atoms. The number of amides is 1. The van der Waals surface area contributed by atoms with Crippen LogP contribution in [0.4, 0.5) is 0 Å². The lowest BCUT2D eigenvalue weighted by Gasteiger charge is -2.09. The monoisotopic (exact) mass is 377 g/mol. The van der Waals surface area contributed by atoms with Gasteiger partial charge in [0.2, 0.25) is 4.77 Å². The van der Waals surface area contributed by atoms with Gasteiger partial charge in [0.05, 0.1) is 10.9 Å². The summed E-state index contributed by atoms with van der Waals surface area (Å²) in [4.78, 5) is 31.7. The van der Waals surface area contributed by atoms with E-state index in [9.17, 15) is 9.59 Å². The number of thiophene rings is 2. The molecular formula is C16H15N3O2S3. The van der Waals surface area contributed by atoms with E-state index in [4.69, 9.17) is 12.2 Å². The summed E-state index contributed by atoms with van der Waals surface area (Å²) in [5.41, 5.74) is 5.03. The maximum atomic E-state index is 12.9. The number of nitrogens with one attached hydrogen (secondary N) is 2. The molecule has 0 unspecified atom stereocenters. The van der Waals surface area contributed by atoms with E-state index in [1.54, 1.807) is 16.7 Å². The minimum atomic E-state index is -0.315. The quantitative estimate of drug-likeness (QED) is 0.670. The maximum absolute atomic E-state index is 12.9. The Kier molecular flexibility index (Phi) is 3.70. The van der Waals surface area contributed by atoms with Crippen LogP contribution in [-0.2, 0) is 12.8 Å². The third kappa shape index (κ3) is 2.28. The van der Waals surface area contributed by atoms with Crippen LogP contribution >= 0.6 is 34.9 Å². The zero-order valence-corrected chi connectivity index (χ0v) is 15.6. The van der Waals surface area contributed by atoms with Crippen molar-refractivity contribution in [1.82, 2.24) is 9.66 Å². The van der Waals surface area contributed by atoms with Gasteiger partial charge in [0.1, 0.15) is 4.83 Å². The van der Waals surface area contributed by atoms with Crippen molar-refractivity contribution in [3.63, 3.8) is 0 Å². The van der Waals surface area contributed by atoms with Crippen molar-refractivity contribution in [2.45, 2.75) is 33.1 Å². The van der Waals surface area contributed by atoms with Gasteiger partial charge in [0, 0.05) is 15.1 Å². The third-order valence-corrected chi connectivity index (χ3v) is 7.01. The Morgan fingerprint density at radius 3 is 2.88 bits per heavy atom. The molecule has 0 aliphatic heterocycles. The van der Waals surface area contributed by atoms with Crippen molar-refractivity contribution in [3.05, 3.63) is 46.9 Å². The molecule has 0 fully saturated rings. The number of hydrogen-bond donors (Lipinski definition) is 2. The molecule has 4 rings (SSSR count). The molecule has 1 amide bonds. The van der Waals surface area contributed by atoms with Crippen molar-refractivity contribution < 1.29 is 4.79 Å². The Balaban J connectivity index is 1.82. The lowest BCUT2D eigenvalue weighted by atomic mass is 10.2. The van der Waals surface area contributed by atoms with Gasteiger partial charge in [-0.05, 0) is 56.5 Å². The fourth-order valence-electron chi connectivity index (χ4n) is 3.08. The molecule has 3 heterocycles. The van der Waals surface area contributed by atoms with Gasteiger partial charge in [-0.2, -0.15) is 4.68 Å². The number of carbonyl (C=O) groups excluding carboxylic acids is 1. The highest BCUT2D eigenvalue weighted by atomic mass is 32.1. The van der Waals surface area contributed by atoms with Crippen molar-refractivity contribution in [2.75, 3.05) is 5.43 Å². The molecule has 24 heavy (non-hydrogen) atoms. The van der Waals surface area contributed by atoms with Gasteiger partial charge in [-0.15, -0.1) is 22.7 Å². The Morgan fingerprint density at radius 1 is 1.38 bits per heavy atom. The molecule has 0 aromatic carbocycles. The van der Waals surface area contributed by atoms with Gasteiger partial charge >= 0.3 is 0 Å². The van der Waals surface area contributed by atoms with E-state index in [-0.39, 0.29) is 16.2 Å². The van der Waals surface area contributed by atoms with Gasteiger partial charge in [-0.3, -0.25) is 15.0 Å². The first-order chi connectivity index (χ1) is 11.5. The number of carbonyl (C=O) groups is 1. The van der Waals surface area contributed by atoms with E-state index in [2.05, 4.69) is 10.4 Å². The van der Waals surface area contributed by atoms with Crippen molar-refractivity contribution in [3.8, 4) is 0 Å². The molecule has 0 saturated heterocycles.